The molecule has 0 radical (unpaired) electrons. The number of ether oxygens (including phenoxy) is 3. The number of hydrogen-bond donors (Lipinski definition) is 0. The Morgan fingerprint density at radius 3 is 1.21 bits per heavy atom. The molecule has 0 aromatic heterocycles. The molecular weight excluding hydrogens is 422 g/mol. The summed E-state index contributed by atoms with van der Waals surface area (Å²) >= 11 is 11.2. The molecule has 0 saturated carbocycles. The molecule has 0 aliphatic rings. The van der Waals surface area contributed by atoms with E-state index >= 15 is 0 Å². The predicted octanol–water partition coefficient (Wildman–Crippen LogP) is 6.52. The first kappa shape index (κ1) is 27.9. The summed E-state index contributed by atoms with van der Waals surface area (Å²) in [6, 6.07) is 0. The van der Waals surface area contributed by atoms with E-state index in [1.165, 1.54) is 0 Å². The van der Waals surface area contributed by atoms with E-state index in [2.05, 4.69) is 19.7 Å². The third-order valence-corrected chi connectivity index (χ3v) is 5.26. The van der Waals surface area contributed by atoms with Gasteiger partial charge in [-0.25, -0.2) is 0 Å². The lowest BCUT2D eigenvalue weighted by Gasteiger charge is -2.39. The molecule has 0 fully saturated rings. The Labute approximate surface area is 180 Å². The van der Waals surface area contributed by atoms with Crippen LogP contribution in [0.15, 0.2) is 38.0 Å². The van der Waals surface area contributed by atoms with Crippen LogP contribution in [0.25, 0.3) is 0 Å². The highest BCUT2D eigenvalue weighted by Gasteiger charge is 2.39. The van der Waals surface area contributed by atoms with Crippen molar-refractivity contribution < 1.29 is 23.3 Å². The van der Waals surface area contributed by atoms with Crippen LogP contribution in [0.2, 0.25) is 0 Å². The van der Waals surface area contributed by atoms with Crippen LogP contribution in [0, 0.1) is 5.41 Å². The summed E-state index contributed by atoms with van der Waals surface area (Å²) in [5.74, 6) is 0. The molecule has 5 nitrogen and oxygen atoms in total. The van der Waals surface area contributed by atoms with Gasteiger partial charge >= 0.3 is 6.07 Å². The summed E-state index contributed by atoms with van der Waals surface area (Å²) in [6.45, 7) is 23.0. The molecule has 0 N–H and O–H groups in total. The summed E-state index contributed by atoms with van der Waals surface area (Å²) in [4.78, 5) is 0. The molecule has 28 heavy (non-hydrogen) atoms. The normalized spacial score (nSPS) is 14.0. The van der Waals surface area contributed by atoms with Crippen molar-refractivity contribution in [3.05, 3.63) is 38.0 Å². The van der Waals surface area contributed by atoms with Gasteiger partial charge in [0.2, 0.25) is 0 Å². The largest absolute Gasteiger partial charge is 0.380 e. The average molecular weight is 457 g/mol. The van der Waals surface area contributed by atoms with Gasteiger partial charge in [0.25, 0.3) is 0 Å². The molecule has 8 heteroatoms. The molecule has 0 amide bonds. The second kappa shape index (κ2) is 10.8. The topological polar surface area (TPSA) is 54.0 Å². The third kappa shape index (κ3) is 11.8. The Hall–Kier alpha value is -0.130. The van der Waals surface area contributed by atoms with Crippen LogP contribution < -0.4 is 0 Å². The Bertz CT molecular complexity index is 521. The van der Waals surface area contributed by atoms with Crippen molar-refractivity contribution in [2.45, 2.75) is 58.3 Å². The Kier molecular flexibility index (Phi) is 10.7. The third-order valence-electron chi connectivity index (χ3n) is 4.25. The van der Waals surface area contributed by atoms with Crippen LogP contribution in [0.3, 0.4) is 0 Å². The molecule has 0 aromatic rings. The van der Waals surface area contributed by atoms with Crippen molar-refractivity contribution in [3.63, 3.8) is 0 Å². The zero-order chi connectivity index (χ0) is 22.3. The minimum absolute atomic E-state index is 0.0923. The van der Waals surface area contributed by atoms with Crippen LogP contribution in [-0.4, -0.2) is 43.2 Å². The lowest BCUT2D eigenvalue weighted by atomic mass is 9.91. The van der Waals surface area contributed by atoms with Gasteiger partial charge in [0.1, 0.15) is 0 Å². The molecule has 0 aliphatic carbocycles. The van der Waals surface area contributed by atoms with Crippen LogP contribution in [0.4, 0.5) is 0 Å². The SMILES string of the molecule is C=CC(C)(C)OCC(COC(C)(C)C=C)(COC(C)(C)C=C)COP(=O)(Cl)Cl. The van der Waals surface area contributed by atoms with Crippen LogP contribution in [-0.2, 0) is 23.3 Å². The summed E-state index contributed by atoms with van der Waals surface area (Å²) in [5, 5.41) is 0. The van der Waals surface area contributed by atoms with Crippen molar-refractivity contribution in [1.29, 1.82) is 0 Å². The highest BCUT2D eigenvalue weighted by atomic mass is 35.9. The van der Waals surface area contributed by atoms with Crippen molar-refractivity contribution in [3.8, 4) is 0 Å². The van der Waals surface area contributed by atoms with E-state index in [0.29, 0.717) is 0 Å². The molecule has 0 saturated heterocycles. The zero-order valence-corrected chi connectivity index (χ0v) is 20.3. The highest BCUT2D eigenvalue weighted by molar-refractivity contribution is 8.05. The van der Waals surface area contributed by atoms with Crippen LogP contribution in [0.5, 0.6) is 0 Å². The van der Waals surface area contributed by atoms with Gasteiger partial charge in [-0.3, -0.25) is 4.57 Å². The summed E-state index contributed by atoms with van der Waals surface area (Å²) in [6.07, 6.45) is 1.31. The maximum atomic E-state index is 11.8. The molecular formula is C20H35Cl2O5P. The van der Waals surface area contributed by atoms with E-state index in [9.17, 15) is 4.57 Å². The fourth-order valence-corrected chi connectivity index (χ4v) is 2.37. The molecule has 0 aromatic carbocycles. The van der Waals surface area contributed by atoms with Gasteiger partial charge in [-0.15, -0.1) is 19.7 Å². The standard InChI is InChI=1S/C20H35Cl2O5P/c1-10-17(4,5)24-13-20(16-27-28(21,22)23,14-25-18(6,7)11-2)15-26-19(8,9)12-3/h10-12H,1-3,13-16H2,4-9H3. The molecule has 0 unspecified atom stereocenters. The van der Waals surface area contributed by atoms with E-state index in [1.807, 2.05) is 41.5 Å². The van der Waals surface area contributed by atoms with E-state index in [4.69, 9.17) is 41.2 Å². The minimum Gasteiger partial charge on any atom is -0.371 e. The molecule has 0 atom stereocenters. The van der Waals surface area contributed by atoms with Crippen LogP contribution in [0.1, 0.15) is 41.5 Å². The fourth-order valence-electron chi connectivity index (χ4n) is 1.66. The second-order valence-corrected chi connectivity index (χ2v) is 12.8. The van der Waals surface area contributed by atoms with Crippen molar-refractivity contribution in [1.82, 2.24) is 0 Å². The van der Waals surface area contributed by atoms with Gasteiger partial charge in [0.05, 0.1) is 48.6 Å². The van der Waals surface area contributed by atoms with Gasteiger partial charge in [0, 0.05) is 0 Å². The lowest BCUT2D eigenvalue weighted by molar-refractivity contribution is -0.146. The maximum absolute atomic E-state index is 11.8. The highest BCUT2D eigenvalue weighted by Crippen LogP contribution is 2.58. The van der Waals surface area contributed by atoms with Crippen molar-refractivity contribution in [2.24, 2.45) is 5.41 Å². The Morgan fingerprint density at radius 2 is 1.00 bits per heavy atom. The van der Waals surface area contributed by atoms with Crippen molar-refractivity contribution in [2.75, 3.05) is 26.4 Å². The van der Waals surface area contributed by atoms with Gasteiger partial charge < -0.3 is 18.7 Å². The van der Waals surface area contributed by atoms with Gasteiger partial charge in [-0.1, -0.05) is 18.2 Å². The minimum atomic E-state index is -3.76. The average Bonchev–Trinajstić information content (AvgIpc) is 2.60. The number of rotatable bonds is 15. The second-order valence-electron chi connectivity index (χ2n) is 8.48. The quantitative estimate of drug-likeness (QED) is 0.207. The first-order valence-corrected chi connectivity index (χ1v) is 12.4. The molecule has 0 spiro atoms. The fraction of sp³-hybridized carbons (Fsp3) is 0.700. The monoisotopic (exact) mass is 456 g/mol. The molecule has 0 bridgehead atoms. The summed E-state index contributed by atoms with van der Waals surface area (Å²) < 4.78 is 35.1. The Balaban J connectivity index is 5.76. The first-order valence-electron chi connectivity index (χ1n) is 8.98. The smallest absolute Gasteiger partial charge is 0.371 e. The van der Waals surface area contributed by atoms with E-state index < -0.39 is 28.3 Å². The summed E-state index contributed by atoms with van der Waals surface area (Å²) in [5.41, 5.74) is -2.64. The number of halogens is 2. The van der Waals surface area contributed by atoms with Crippen molar-refractivity contribution >= 4 is 28.6 Å². The van der Waals surface area contributed by atoms with E-state index in [-0.39, 0.29) is 26.4 Å². The van der Waals surface area contributed by atoms with Crippen LogP contribution >= 0.6 is 28.6 Å². The molecule has 0 rings (SSSR count). The lowest BCUT2D eigenvalue weighted by Crippen LogP contribution is -2.46. The molecule has 164 valence electrons. The predicted molar refractivity (Wildman–Crippen MR) is 118 cm³/mol. The van der Waals surface area contributed by atoms with Gasteiger partial charge in [-0.2, -0.15) is 0 Å². The zero-order valence-electron chi connectivity index (χ0n) is 17.9. The number of hydrogen-bond acceptors (Lipinski definition) is 5. The summed E-state index contributed by atoms with van der Waals surface area (Å²) in [7, 11) is 0. The molecule has 0 aliphatic heterocycles. The van der Waals surface area contributed by atoms with E-state index in [0.717, 1.165) is 0 Å². The first-order chi connectivity index (χ1) is 12.5. The van der Waals surface area contributed by atoms with E-state index in [1.54, 1.807) is 18.2 Å². The molecule has 0 heterocycles. The maximum Gasteiger partial charge on any atom is 0.380 e. The van der Waals surface area contributed by atoms with Gasteiger partial charge in [0.15, 0.2) is 0 Å². The van der Waals surface area contributed by atoms with Gasteiger partial charge in [-0.05, 0) is 64.0 Å². The Morgan fingerprint density at radius 1 is 0.714 bits per heavy atom.